The molecular formula is C30H31N5O4S. The Bertz CT molecular complexity index is 1490. The number of nitrogens with zero attached hydrogens (tertiary/aromatic N) is 4. The van der Waals surface area contributed by atoms with Crippen molar-refractivity contribution in [3.8, 4) is 16.5 Å². The Balaban J connectivity index is 1.29. The van der Waals surface area contributed by atoms with Crippen molar-refractivity contribution in [1.82, 2.24) is 20.1 Å². The Labute approximate surface area is 237 Å². The smallest absolute Gasteiger partial charge is 0.256 e. The van der Waals surface area contributed by atoms with Crippen LogP contribution in [0.3, 0.4) is 0 Å². The van der Waals surface area contributed by atoms with Gasteiger partial charge in [-0.15, -0.1) is 11.3 Å². The van der Waals surface area contributed by atoms with Crippen molar-refractivity contribution in [3.05, 3.63) is 75.9 Å². The zero-order chi connectivity index (χ0) is 28.6. The van der Waals surface area contributed by atoms with Crippen LogP contribution < -0.4 is 5.32 Å². The van der Waals surface area contributed by atoms with Crippen LogP contribution in [-0.2, 0) is 22.7 Å². The van der Waals surface area contributed by atoms with Crippen molar-refractivity contribution in [3.63, 3.8) is 0 Å². The highest BCUT2D eigenvalue weighted by Gasteiger charge is 2.46. The van der Waals surface area contributed by atoms with Gasteiger partial charge in [0.25, 0.3) is 5.91 Å². The average Bonchev–Trinajstić information content (AvgIpc) is 3.64. The Morgan fingerprint density at radius 3 is 2.62 bits per heavy atom. The minimum Gasteiger partial charge on any atom is -0.391 e. The van der Waals surface area contributed by atoms with E-state index in [9.17, 15) is 24.8 Å². The molecule has 2 N–H and O–H groups in total. The number of hydrogen-bond donors (Lipinski definition) is 2. The van der Waals surface area contributed by atoms with E-state index in [1.165, 1.54) is 9.80 Å². The van der Waals surface area contributed by atoms with Crippen LogP contribution in [0.5, 0.6) is 0 Å². The van der Waals surface area contributed by atoms with Crippen molar-refractivity contribution >= 4 is 29.1 Å². The molecule has 0 saturated carbocycles. The second kappa shape index (κ2) is 11.2. The molecule has 0 spiro atoms. The van der Waals surface area contributed by atoms with E-state index in [-0.39, 0.29) is 55.3 Å². The number of hydrogen-bond acceptors (Lipinski definition) is 7. The summed E-state index contributed by atoms with van der Waals surface area (Å²) in [7, 11) is 0. The van der Waals surface area contributed by atoms with E-state index in [4.69, 9.17) is 0 Å². The summed E-state index contributed by atoms with van der Waals surface area (Å²) >= 11 is 1.58. The zero-order valence-electron chi connectivity index (χ0n) is 22.6. The molecule has 1 fully saturated rings. The largest absolute Gasteiger partial charge is 0.391 e. The molecule has 0 radical (unpaired) electrons. The number of nitrogens with one attached hydrogen (secondary N) is 1. The minimum atomic E-state index is -0.849. The molecule has 3 amide bonds. The van der Waals surface area contributed by atoms with Crippen molar-refractivity contribution in [2.45, 2.75) is 58.5 Å². The third-order valence-corrected chi connectivity index (χ3v) is 8.58. The van der Waals surface area contributed by atoms with Crippen LogP contribution in [0.25, 0.3) is 10.4 Å². The number of amides is 3. The Morgan fingerprint density at radius 2 is 1.98 bits per heavy atom. The van der Waals surface area contributed by atoms with Crippen LogP contribution in [0.1, 0.15) is 53.0 Å². The molecule has 0 aliphatic carbocycles. The first-order chi connectivity index (χ1) is 19.2. The highest BCUT2D eigenvalue weighted by Crippen LogP contribution is 2.32. The number of likely N-dealkylation sites (tertiary alicyclic amines) is 1. The number of nitriles is 1. The summed E-state index contributed by atoms with van der Waals surface area (Å²) in [4.78, 5) is 48.8. The van der Waals surface area contributed by atoms with Gasteiger partial charge in [0, 0.05) is 26.1 Å². The van der Waals surface area contributed by atoms with E-state index in [2.05, 4.69) is 16.4 Å². The molecule has 3 aromatic rings. The lowest BCUT2D eigenvalue weighted by Crippen LogP contribution is -2.55. The Kier molecular flexibility index (Phi) is 7.70. The summed E-state index contributed by atoms with van der Waals surface area (Å²) in [6.07, 6.45) is -0.718. The summed E-state index contributed by atoms with van der Waals surface area (Å²) in [5.74, 6) is -1.34. The van der Waals surface area contributed by atoms with Crippen LogP contribution >= 0.6 is 11.3 Å². The van der Waals surface area contributed by atoms with E-state index in [0.717, 1.165) is 21.7 Å². The van der Waals surface area contributed by atoms with E-state index < -0.39 is 18.2 Å². The highest BCUT2D eigenvalue weighted by atomic mass is 32.1. The lowest BCUT2D eigenvalue weighted by molar-refractivity contribution is -0.143. The number of rotatable bonds is 7. The van der Waals surface area contributed by atoms with Gasteiger partial charge in [0.1, 0.15) is 12.1 Å². The van der Waals surface area contributed by atoms with Crippen LogP contribution in [0.2, 0.25) is 0 Å². The van der Waals surface area contributed by atoms with Crippen molar-refractivity contribution < 1.29 is 19.5 Å². The van der Waals surface area contributed by atoms with Gasteiger partial charge in [-0.2, -0.15) is 5.26 Å². The van der Waals surface area contributed by atoms with Gasteiger partial charge >= 0.3 is 0 Å². The first-order valence-electron chi connectivity index (χ1n) is 13.3. The third kappa shape index (κ3) is 5.10. The second-order valence-electron chi connectivity index (χ2n) is 10.7. The fourth-order valence-corrected chi connectivity index (χ4v) is 6.43. The molecule has 0 bridgehead atoms. The predicted molar refractivity (Wildman–Crippen MR) is 150 cm³/mol. The minimum absolute atomic E-state index is 0.0153. The number of β-amino-alcohol motifs (C(OH)–C–C–N with tert-alkyl or cyclic N) is 1. The molecule has 1 aromatic heterocycles. The lowest BCUT2D eigenvalue weighted by Gasteiger charge is -2.35. The average molecular weight is 558 g/mol. The quantitative estimate of drug-likeness (QED) is 0.459. The molecule has 2 aromatic carbocycles. The number of aliphatic hydroxyl groups is 1. The van der Waals surface area contributed by atoms with Crippen molar-refractivity contribution in [1.29, 1.82) is 5.26 Å². The molecule has 2 aliphatic heterocycles. The molecular weight excluding hydrogens is 526 g/mol. The van der Waals surface area contributed by atoms with E-state index >= 15 is 0 Å². The van der Waals surface area contributed by atoms with Crippen LogP contribution in [0.4, 0.5) is 0 Å². The van der Waals surface area contributed by atoms with Gasteiger partial charge in [-0.3, -0.25) is 14.4 Å². The molecule has 3 heterocycles. The Morgan fingerprint density at radius 1 is 1.23 bits per heavy atom. The molecule has 5 rings (SSSR count). The number of thiazole rings is 1. The lowest BCUT2D eigenvalue weighted by atomic mass is 10.00. The van der Waals surface area contributed by atoms with E-state index in [1.54, 1.807) is 29.5 Å². The van der Waals surface area contributed by atoms with Gasteiger partial charge in [0.2, 0.25) is 11.8 Å². The second-order valence-corrected chi connectivity index (χ2v) is 11.5. The summed E-state index contributed by atoms with van der Waals surface area (Å²) in [6.45, 7) is 6.17. The molecule has 40 heavy (non-hydrogen) atoms. The topological polar surface area (TPSA) is 127 Å². The molecule has 1 saturated heterocycles. The summed E-state index contributed by atoms with van der Waals surface area (Å²) in [5.41, 5.74) is 6.07. The normalized spacial score (nSPS) is 19.1. The van der Waals surface area contributed by atoms with E-state index in [1.807, 2.05) is 50.5 Å². The fourth-order valence-electron chi connectivity index (χ4n) is 5.62. The standard InChI is InChI=1S/C30H31N5O4S/c1-17(2)26(35-14-22-6-4-5-21(12-31)25(22)29(35)38)30(39)34-15-23(36)11-24(34)28(37)32-13-19-7-9-20(10-8-19)27-18(3)33-16-40-27/h4-10,16-17,23-24,26,36H,11,13-15H2,1-3H3,(H,32,37)/t23-,24+,26?/m1/s1. The maximum absolute atomic E-state index is 13.9. The third-order valence-electron chi connectivity index (χ3n) is 7.60. The number of aromatic nitrogens is 1. The van der Waals surface area contributed by atoms with Crippen LogP contribution in [0, 0.1) is 24.2 Å². The molecule has 3 atom stereocenters. The molecule has 206 valence electrons. The van der Waals surface area contributed by atoms with Crippen molar-refractivity contribution in [2.75, 3.05) is 6.54 Å². The van der Waals surface area contributed by atoms with E-state index in [0.29, 0.717) is 11.1 Å². The highest BCUT2D eigenvalue weighted by molar-refractivity contribution is 7.13. The molecule has 10 heteroatoms. The Hall–Kier alpha value is -4.07. The van der Waals surface area contributed by atoms with Crippen LogP contribution in [0.15, 0.2) is 48.0 Å². The van der Waals surface area contributed by atoms with Crippen LogP contribution in [-0.4, -0.2) is 62.3 Å². The maximum atomic E-state index is 13.9. The maximum Gasteiger partial charge on any atom is 0.256 e. The first kappa shape index (κ1) is 27.5. The predicted octanol–water partition coefficient (Wildman–Crippen LogP) is 3.25. The molecule has 9 nitrogen and oxygen atoms in total. The van der Waals surface area contributed by atoms with Gasteiger partial charge in [0.05, 0.1) is 39.4 Å². The number of benzene rings is 2. The number of carbonyl (C=O) groups is 3. The van der Waals surface area contributed by atoms with Gasteiger partial charge < -0.3 is 20.2 Å². The summed E-state index contributed by atoms with van der Waals surface area (Å²) < 4.78 is 0. The number of fused-ring (bicyclic) bond motifs is 1. The zero-order valence-corrected chi connectivity index (χ0v) is 23.4. The molecule has 1 unspecified atom stereocenters. The summed E-state index contributed by atoms with van der Waals surface area (Å²) in [6, 6.07) is 13.4. The van der Waals surface area contributed by atoms with Gasteiger partial charge in [-0.1, -0.05) is 50.2 Å². The summed E-state index contributed by atoms with van der Waals surface area (Å²) in [5, 5.41) is 22.9. The monoisotopic (exact) mass is 557 g/mol. The number of aryl methyl sites for hydroxylation is 1. The fraction of sp³-hybridized carbons (Fsp3) is 0.367. The van der Waals surface area contributed by atoms with Crippen molar-refractivity contribution in [2.24, 2.45) is 5.92 Å². The van der Waals surface area contributed by atoms with Gasteiger partial charge in [-0.05, 0) is 35.6 Å². The SMILES string of the molecule is Cc1ncsc1-c1ccc(CNC(=O)[C@@H]2C[C@@H](O)CN2C(=O)C(C(C)C)N2Cc3cccc(C#N)c3C2=O)cc1. The van der Waals surface area contributed by atoms with Gasteiger partial charge in [0.15, 0.2) is 0 Å². The number of carbonyl (C=O) groups excluding carboxylic acids is 3. The van der Waals surface area contributed by atoms with Gasteiger partial charge in [-0.25, -0.2) is 4.98 Å². The number of aliphatic hydroxyl groups excluding tert-OH is 1. The molecule has 2 aliphatic rings. The first-order valence-corrected chi connectivity index (χ1v) is 14.2.